The molecule has 0 saturated carbocycles. The molecule has 0 aromatic heterocycles. The van der Waals surface area contributed by atoms with Gasteiger partial charge < -0.3 is 14.7 Å². The third kappa shape index (κ3) is 3.65. The molecule has 7 heteroatoms. The Labute approximate surface area is 146 Å². The summed E-state index contributed by atoms with van der Waals surface area (Å²) in [4.78, 5) is 40.8. The third-order valence-corrected chi connectivity index (χ3v) is 4.79. The average Bonchev–Trinajstić information content (AvgIpc) is 3.21. The number of halogens is 1. The van der Waals surface area contributed by atoms with E-state index in [-0.39, 0.29) is 17.4 Å². The fourth-order valence-electron chi connectivity index (χ4n) is 3.28. The van der Waals surface area contributed by atoms with E-state index in [1.54, 1.807) is 16.8 Å². The van der Waals surface area contributed by atoms with Crippen LogP contribution in [-0.2, 0) is 9.59 Å². The SMILES string of the molecule is CN(CCN1CCCC1=O)C(=O)c1cc(N2CCCC2=O)ccc1F. The molecule has 25 heavy (non-hydrogen) atoms. The number of likely N-dealkylation sites (tertiary alicyclic amines) is 1. The first-order valence-corrected chi connectivity index (χ1v) is 8.60. The second-order valence-electron chi connectivity index (χ2n) is 6.52. The van der Waals surface area contributed by atoms with Crippen LogP contribution in [-0.4, -0.2) is 60.7 Å². The number of hydrogen-bond donors (Lipinski definition) is 0. The van der Waals surface area contributed by atoms with Crippen LogP contribution >= 0.6 is 0 Å². The molecule has 134 valence electrons. The molecule has 1 aromatic carbocycles. The fraction of sp³-hybridized carbons (Fsp3) is 0.500. The van der Waals surface area contributed by atoms with Crippen molar-refractivity contribution in [3.05, 3.63) is 29.6 Å². The number of amides is 3. The van der Waals surface area contributed by atoms with Crippen LogP contribution in [0.5, 0.6) is 0 Å². The van der Waals surface area contributed by atoms with Gasteiger partial charge in [-0.25, -0.2) is 4.39 Å². The monoisotopic (exact) mass is 347 g/mol. The van der Waals surface area contributed by atoms with Crippen LogP contribution in [0.3, 0.4) is 0 Å². The van der Waals surface area contributed by atoms with Crippen molar-refractivity contribution in [1.82, 2.24) is 9.80 Å². The van der Waals surface area contributed by atoms with Gasteiger partial charge in [0.15, 0.2) is 0 Å². The summed E-state index contributed by atoms with van der Waals surface area (Å²) in [5.74, 6) is -0.963. The highest BCUT2D eigenvalue weighted by Gasteiger charge is 2.25. The predicted octanol–water partition coefficient (Wildman–Crippen LogP) is 1.65. The number of likely N-dealkylation sites (N-methyl/N-ethyl adjacent to an activating group) is 1. The van der Waals surface area contributed by atoms with Gasteiger partial charge in [0.25, 0.3) is 5.91 Å². The average molecular weight is 347 g/mol. The highest BCUT2D eigenvalue weighted by atomic mass is 19.1. The Bertz CT molecular complexity index is 707. The molecule has 3 amide bonds. The van der Waals surface area contributed by atoms with Crippen molar-refractivity contribution in [3.8, 4) is 0 Å². The van der Waals surface area contributed by atoms with E-state index < -0.39 is 11.7 Å². The third-order valence-electron chi connectivity index (χ3n) is 4.79. The smallest absolute Gasteiger partial charge is 0.256 e. The minimum Gasteiger partial charge on any atom is -0.341 e. The Kier molecular flexibility index (Phi) is 5.01. The highest BCUT2D eigenvalue weighted by Crippen LogP contribution is 2.24. The van der Waals surface area contributed by atoms with E-state index in [1.165, 1.54) is 23.1 Å². The molecule has 2 aliphatic heterocycles. The number of nitrogens with zero attached hydrogens (tertiary/aromatic N) is 3. The topological polar surface area (TPSA) is 60.9 Å². The fourth-order valence-corrected chi connectivity index (χ4v) is 3.28. The maximum absolute atomic E-state index is 14.2. The molecule has 0 radical (unpaired) electrons. The van der Waals surface area contributed by atoms with Gasteiger partial charge in [-0.2, -0.15) is 0 Å². The van der Waals surface area contributed by atoms with Gasteiger partial charge in [0.2, 0.25) is 11.8 Å². The van der Waals surface area contributed by atoms with E-state index in [4.69, 9.17) is 0 Å². The van der Waals surface area contributed by atoms with E-state index in [9.17, 15) is 18.8 Å². The van der Waals surface area contributed by atoms with Crippen LogP contribution in [0, 0.1) is 5.82 Å². The minimum atomic E-state index is -0.607. The quantitative estimate of drug-likeness (QED) is 0.814. The summed E-state index contributed by atoms with van der Waals surface area (Å²) in [5, 5.41) is 0. The van der Waals surface area contributed by atoms with Gasteiger partial charge in [-0.3, -0.25) is 14.4 Å². The lowest BCUT2D eigenvalue weighted by molar-refractivity contribution is -0.127. The second-order valence-corrected chi connectivity index (χ2v) is 6.52. The summed E-state index contributed by atoms with van der Waals surface area (Å²) < 4.78 is 14.2. The zero-order valence-corrected chi connectivity index (χ0v) is 14.3. The van der Waals surface area contributed by atoms with Crippen LogP contribution < -0.4 is 4.90 Å². The van der Waals surface area contributed by atoms with E-state index in [0.29, 0.717) is 44.7 Å². The van der Waals surface area contributed by atoms with Crippen LogP contribution in [0.25, 0.3) is 0 Å². The number of carbonyl (C=O) groups is 3. The van der Waals surface area contributed by atoms with E-state index >= 15 is 0 Å². The standard InChI is InChI=1S/C18H22FN3O3/c1-20(10-11-21-8-2-4-16(21)23)18(25)14-12-13(6-7-15(14)19)22-9-3-5-17(22)24/h6-7,12H,2-5,8-11H2,1H3. The van der Waals surface area contributed by atoms with Crippen molar-refractivity contribution < 1.29 is 18.8 Å². The number of rotatable bonds is 5. The summed E-state index contributed by atoms with van der Waals surface area (Å²) >= 11 is 0. The Hall–Kier alpha value is -2.44. The van der Waals surface area contributed by atoms with Crippen molar-refractivity contribution in [2.24, 2.45) is 0 Å². The van der Waals surface area contributed by atoms with Crippen molar-refractivity contribution in [2.45, 2.75) is 25.7 Å². The summed E-state index contributed by atoms with van der Waals surface area (Å²) in [5.41, 5.74) is 0.503. The van der Waals surface area contributed by atoms with Gasteiger partial charge in [-0.15, -0.1) is 0 Å². The summed E-state index contributed by atoms with van der Waals surface area (Å²) in [6.45, 7) is 2.09. The normalized spacial score (nSPS) is 17.5. The van der Waals surface area contributed by atoms with Gasteiger partial charge in [-0.05, 0) is 31.0 Å². The first-order valence-electron chi connectivity index (χ1n) is 8.60. The minimum absolute atomic E-state index is 0.00842. The Balaban J connectivity index is 1.70. The highest BCUT2D eigenvalue weighted by molar-refractivity contribution is 5.99. The zero-order chi connectivity index (χ0) is 18.0. The van der Waals surface area contributed by atoms with Gasteiger partial charge in [0.05, 0.1) is 5.56 Å². The molecule has 0 bridgehead atoms. The van der Waals surface area contributed by atoms with Crippen LogP contribution in [0.1, 0.15) is 36.0 Å². The maximum atomic E-state index is 14.2. The second kappa shape index (κ2) is 7.21. The van der Waals surface area contributed by atoms with Crippen molar-refractivity contribution in [1.29, 1.82) is 0 Å². The molecule has 1 aromatic rings. The lowest BCUT2D eigenvalue weighted by atomic mass is 10.1. The lowest BCUT2D eigenvalue weighted by Crippen LogP contribution is -2.37. The zero-order valence-electron chi connectivity index (χ0n) is 14.3. The molecule has 2 fully saturated rings. The number of hydrogen-bond acceptors (Lipinski definition) is 3. The lowest BCUT2D eigenvalue weighted by Gasteiger charge is -2.23. The van der Waals surface area contributed by atoms with Gasteiger partial charge in [0.1, 0.15) is 5.82 Å². The molecule has 0 N–H and O–H groups in total. The van der Waals surface area contributed by atoms with Gasteiger partial charge in [-0.1, -0.05) is 0 Å². The predicted molar refractivity (Wildman–Crippen MR) is 90.8 cm³/mol. The molecular weight excluding hydrogens is 325 g/mol. The molecule has 3 rings (SSSR count). The molecule has 0 atom stereocenters. The number of anilines is 1. The summed E-state index contributed by atoms with van der Waals surface area (Å²) in [7, 11) is 1.59. The molecule has 0 spiro atoms. The van der Waals surface area contributed by atoms with Crippen LogP contribution in [0.4, 0.5) is 10.1 Å². The molecule has 2 saturated heterocycles. The van der Waals surface area contributed by atoms with Gasteiger partial charge in [0, 0.05) is 51.8 Å². The van der Waals surface area contributed by atoms with E-state index in [0.717, 1.165) is 12.8 Å². The Morgan fingerprint density at radius 3 is 2.52 bits per heavy atom. The van der Waals surface area contributed by atoms with Crippen LogP contribution in [0.2, 0.25) is 0 Å². The first kappa shape index (κ1) is 17.4. The molecule has 2 aliphatic rings. The molecule has 0 unspecified atom stereocenters. The Morgan fingerprint density at radius 1 is 1.16 bits per heavy atom. The number of benzene rings is 1. The van der Waals surface area contributed by atoms with Crippen molar-refractivity contribution in [2.75, 3.05) is 38.1 Å². The summed E-state index contributed by atoms with van der Waals surface area (Å²) in [6.07, 6.45) is 2.64. The van der Waals surface area contributed by atoms with Gasteiger partial charge >= 0.3 is 0 Å². The van der Waals surface area contributed by atoms with Crippen molar-refractivity contribution in [3.63, 3.8) is 0 Å². The van der Waals surface area contributed by atoms with Crippen LogP contribution in [0.15, 0.2) is 18.2 Å². The van der Waals surface area contributed by atoms with E-state index in [2.05, 4.69) is 0 Å². The maximum Gasteiger partial charge on any atom is 0.256 e. The van der Waals surface area contributed by atoms with E-state index in [1.807, 2.05) is 0 Å². The Morgan fingerprint density at radius 2 is 1.88 bits per heavy atom. The molecule has 6 nitrogen and oxygen atoms in total. The molecule has 0 aliphatic carbocycles. The summed E-state index contributed by atoms with van der Waals surface area (Å²) in [6, 6.07) is 4.20. The largest absolute Gasteiger partial charge is 0.341 e. The van der Waals surface area contributed by atoms with Crippen molar-refractivity contribution >= 4 is 23.4 Å². The molecule has 2 heterocycles. The molecular formula is C18H22FN3O3. The number of carbonyl (C=O) groups excluding carboxylic acids is 3. The first-order chi connectivity index (χ1) is 12.0.